The highest BCUT2D eigenvalue weighted by Crippen LogP contribution is 2.31. The minimum atomic E-state index is -0.925. The summed E-state index contributed by atoms with van der Waals surface area (Å²) in [5, 5.41) is 2.67. The lowest BCUT2D eigenvalue weighted by Crippen LogP contribution is -2.46. The molecule has 2 atom stereocenters. The van der Waals surface area contributed by atoms with Gasteiger partial charge in [0.25, 0.3) is 5.91 Å². The number of benzene rings is 2. The van der Waals surface area contributed by atoms with E-state index in [1.165, 1.54) is 7.11 Å². The Morgan fingerprint density at radius 1 is 1.16 bits per heavy atom. The molecule has 0 aliphatic carbocycles. The maximum atomic E-state index is 12.5. The number of rotatable bonds is 4. The highest BCUT2D eigenvalue weighted by atomic mass is 79.9. The number of methoxy groups -OCH3 is 1. The monoisotopic (exact) mass is 405 g/mol. The molecule has 1 amide bonds. The lowest BCUT2D eigenvalue weighted by atomic mass is 10.1. The van der Waals surface area contributed by atoms with Gasteiger partial charge in [0.05, 0.1) is 7.11 Å². The third-order valence-corrected chi connectivity index (χ3v) is 4.26. The summed E-state index contributed by atoms with van der Waals surface area (Å²) >= 11 is 3.34. The summed E-state index contributed by atoms with van der Waals surface area (Å²) in [4.78, 5) is 24.6. The van der Waals surface area contributed by atoms with E-state index in [0.717, 1.165) is 4.47 Å². The predicted octanol–water partition coefficient (Wildman–Crippen LogP) is 2.62. The molecule has 0 bridgehead atoms. The minimum absolute atomic E-state index is 0.0665. The van der Waals surface area contributed by atoms with Crippen molar-refractivity contribution in [2.24, 2.45) is 0 Å². The van der Waals surface area contributed by atoms with Gasteiger partial charge in [0.15, 0.2) is 17.5 Å². The van der Waals surface area contributed by atoms with Crippen LogP contribution in [0.15, 0.2) is 53.0 Å². The first-order valence-electron chi connectivity index (χ1n) is 7.60. The fourth-order valence-corrected chi connectivity index (χ4v) is 2.70. The molecule has 0 radical (unpaired) electrons. The van der Waals surface area contributed by atoms with Gasteiger partial charge in [0.1, 0.15) is 6.61 Å². The Bertz CT molecular complexity index is 777. The van der Waals surface area contributed by atoms with Crippen LogP contribution in [0.5, 0.6) is 11.5 Å². The van der Waals surface area contributed by atoms with Gasteiger partial charge in [0.2, 0.25) is 6.10 Å². The summed E-state index contributed by atoms with van der Waals surface area (Å²) < 4.78 is 16.9. The molecule has 0 spiro atoms. The van der Waals surface area contributed by atoms with Crippen LogP contribution in [-0.4, -0.2) is 31.7 Å². The van der Waals surface area contributed by atoms with Crippen LogP contribution in [0, 0.1) is 0 Å². The average molecular weight is 406 g/mol. The van der Waals surface area contributed by atoms with Crippen molar-refractivity contribution >= 4 is 27.8 Å². The van der Waals surface area contributed by atoms with Crippen molar-refractivity contribution < 1.29 is 23.8 Å². The highest BCUT2D eigenvalue weighted by molar-refractivity contribution is 9.10. The molecule has 130 valence electrons. The van der Waals surface area contributed by atoms with E-state index in [9.17, 15) is 9.59 Å². The number of amides is 1. The van der Waals surface area contributed by atoms with Crippen molar-refractivity contribution in [2.45, 2.75) is 12.1 Å². The molecule has 3 rings (SSSR count). The minimum Gasteiger partial charge on any atom is -0.485 e. The fourth-order valence-electron chi connectivity index (χ4n) is 2.44. The first-order chi connectivity index (χ1) is 12.1. The zero-order valence-corrected chi connectivity index (χ0v) is 15.0. The van der Waals surface area contributed by atoms with Crippen molar-refractivity contribution in [3.63, 3.8) is 0 Å². The number of nitrogens with one attached hydrogen (secondary N) is 1. The zero-order valence-electron chi connectivity index (χ0n) is 13.4. The smallest absolute Gasteiger partial charge is 0.333 e. The van der Waals surface area contributed by atoms with Gasteiger partial charge in [-0.1, -0.05) is 40.2 Å². The number of carbonyl (C=O) groups is 2. The summed E-state index contributed by atoms with van der Waals surface area (Å²) in [7, 11) is 1.27. The molecule has 25 heavy (non-hydrogen) atoms. The van der Waals surface area contributed by atoms with Gasteiger partial charge in [-0.2, -0.15) is 0 Å². The van der Waals surface area contributed by atoms with Crippen molar-refractivity contribution in [1.82, 2.24) is 5.32 Å². The van der Waals surface area contributed by atoms with Crippen molar-refractivity contribution in [1.29, 1.82) is 0 Å². The maximum absolute atomic E-state index is 12.5. The van der Waals surface area contributed by atoms with Gasteiger partial charge < -0.3 is 19.5 Å². The average Bonchev–Trinajstić information content (AvgIpc) is 2.65. The van der Waals surface area contributed by atoms with Crippen LogP contribution in [-0.2, 0) is 14.3 Å². The number of ether oxygens (including phenoxy) is 3. The number of carbonyl (C=O) groups excluding carboxylic acids is 2. The van der Waals surface area contributed by atoms with Gasteiger partial charge in [-0.25, -0.2) is 4.79 Å². The van der Waals surface area contributed by atoms with E-state index in [1.54, 1.807) is 42.5 Å². The van der Waals surface area contributed by atoms with Crippen LogP contribution in [0.4, 0.5) is 0 Å². The van der Waals surface area contributed by atoms with Crippen LogP contribution >= 0.6 is 15.9 Å². The molecule has 0 saturated carbocycles. The first-order valence-corrected chi connectivity index (χ1v) is 8.40. The maximum Gasteiger partial charge on any atom is 0.333 e. The standard InChI is InChI=1S/C18H16BrNO5/c1-23-18(22)16(11-6-8-12(19)9-7-11)20-17(21)15-10-24-13-4-2-3-5-14(13)25-15/h2-9,15-16H,10H2,1H3,(H,20,21). The molecule has 2 aromatic carbocycles. The predicted molar refractivity (Wildman–Crippen MR) is 93.4 cm³/mol. The van der Waals surface area contributed by atoms with E-state index < -0.39 is 24.0 Å². The number of esters is 1. The molecule has 2 unspecified atom stereocenters. The van der Waals surface area contributed by atoms with E-state index in [4.69, 9.17) is 14.2 Å². The summed E-state index contributed by atoms with van der Waals surface area (Å²) in [6, 6.07) is 13.2. The Morgan fingerprint density at radius 3 is 2.52 bits per heavy atom. The van der Waals surface area contributed by atoms with Gasteiger partial charge in [-0.3, -0.25) is 4.79 Å². The molecule has 1 aliphatic rings. The molecule has 1 heterocycles. The normalized spacial score (nSPS) is 16.6. The highest BCUT2D eigenvalue weighted by Gasteiger charge is 2.31. The summed E-state index contributed by atoms with van der Waals surface area (Å²) in [5.41, 5.74) is 0.612. The Hall–Kier alpha value is -2.54. The Labute approximate surface area is 153 Å². The number of hydrogen-bond acceptors (Lipinski definition) is 5. The van der Waals surface area contributed by atoms with Gasteiger partial charge in [-0.05, 0) is 29.8 Å². The molecule has 6 nitrogen and oxygen atoms in total. The third-order valence-electron chi connectivity index (χ3n) is 3.73. The van der Waals surface area contributed by atoms with E-state index >= 15 is 0 Å². The molecular weight excluding hydrogens is 390 g/mol. The lowest BCUT2D eigenvalue weighted by Gasteiger charge is -2.27. The van der Waals surface area contributed by atoms with Gasteiger partial charge >= 0.3 is 5.97 Å². The molecule has 7 heteroatoms. The molecule has 0 saturated heterocycles. The van der Waals surface area contributed by atoms with Gasteiger partial charge in [-0.15, -0.1) is 0 Å². The topological polar surface area (TPSA) is 73.9 Å². The van der Waals surface area contributed by atoms with E-state index in [-0.39, 0.29) is 6.61 Å². The summed E-state index contributed by atoms with van der Waals surface area (Å²) in [5.74, 6) is 0.0664. The van der Waals surface area contributed by atoms with E-state index in [2.05, 4.69) is 21.2 Å². The molecule has 1 aliphatic heterocycles. The number of halogens is 1. The third kappa shape index (κ3) is 3.93. The number of para-hydroxylation sites is 2. The Balaban J connectivity index is 1.75. The molecule has 0 aromatic heterocycles. The van der Waals surface area contributed by atoms with Crippen molar-refractivity contribution in [3.05, 3.63) is 58.6 Å². The SMILES string of the molecule is COC(=O)C(NC(=O)C1COc2ccccc2O1)c1ccc(Br)cc1. The van der Waals surface area contributed by atoms with Crippen molar-refractivity contribution in [3.8, 4) is 11.5 Å². The number of fused-ring (bicyclic) bond motifs is 1. The van der Waals surface area contributed by atoms with Crippen molar-refractivity contribution in [2.75, 3.05) is 13.7 Å². The first kappa shape index (κ1) is 17.3. The summed E-state index contributed by atoms with van der Waals surface area (Å²) in [6.07, 6.45) is -0.850. The quantitative estimate of drug-likeness (QED) is 0.791. The van der Waals surface area contributed by atoms with Crippen LogP contribution in [0.3, 0.4) is 0 Å². The van der Waals surface area contributed by atoms with Gasteiger partial charge in [0, 0.05) is 4.47 Å². The van der Waals surface area contributed by atoms with E-state index in [0.29, 0.717) is 17.1 Å². The second kappa shape index (κ2) is 7.57. The number of hydrogen-bond donors (Lipinski definition) is 1. The van der Waals surface area contributed by atoms with E-state index in [1.807, 2.05) is 6.07 Å². The molecular formula is C18H16BrNO5. The molecule has 1 N–H and O–H groups in total. The summed E-state index contributed by atoms with van der Waals surface area (Å²) in [6.45, 7) is 0.0665. The van der Waals surface area contributed by atoms with Crippen LogP contribution in [0.2, 0.25) is 0 Å². The Morgan fingerprint density at radius 2 is 1.84 bits per heavy atom. The van der Waals surface area contributed by atoms with Crippen LogP contribution in [0.1, 0.15) is 11.6 Å². The largest absolute Gasteiger partial charge is 0.485 e. The van der Waals surface area contributed by atoms with Crippen LogP contribution in [0.25, 0.3) is 0 Å². The molecule has 0 fully saturated rings. The Kier molecular flexibility index (Phi) is 5.23. The fraction of sp³-hybridized carbons (Fsp3) is 0.222. The second-order valence-electron chi connectivity index (χ2n) is 5.38. The zero-order chi connectivity index (χ0) is 17.8. The lowest BCUT2D eigenvalue weighted by molar-refractivity contribution is -0.146. The van der Waals surface area contributed by atoms with Crippen LogP contribution < -0.4 is 14.8 Å². The molecule has 2 aromatic rings. The second-order valence-corrected chi connectivity index (χ2v) is 6.30.